The highest BCUT2D eigenvalue weighted by Crippen LogP contribution is 2.37. The van der Waals surface area contributed by atoms with Crippen LogP contribution in [0, 0.1) is 5.82 Å². The SMILES string of the molecule is C=C/C(F)=C\C=C\n1c(C(C)(C)c2ccc(Cl)c(Cl)c2)cnc1SCc1ccc(C(=O)O)cc1F. The number of hydrogen-bond acceptors (Lipinski definition) is 3. The Morgan fingerprint density at radius 3 is 2.60 bits per heavy atom. The van der Waals surface area contributed by atoms with Crippen molar-refractivity contribution in [2.24, 2.45) is 0 Å². The van der Waals surface area contributed by atoms with Crippen LogP contribution in [-0.2, 0) is 11.2 Å². The standard InChI is InChI=1S/C26H22Cl2F2N2O2S/c1-4-19(29)6-5-11-32-23(26(2,3)18-9-10-20(27)21(28)13-18)14-31-25(32)35-15-17-8-7-16(24(33)34)12-22(17)30/h4-14H,1,15H2,2-3H3,(H,33,34)/b11-5+,19-6+. The molecule has 0 aliphatic heterocycles. The van der Waals surface area contributed by atoms with Crippen LogP contribution in [0.1, 0.15) is 41.0 Å². The second kappa shape index (κ2) is 11.2. The molecular weight excluding hydrogens is 513 g/mol. The van der Waals surface area contributed by atoms with E-state index in [4.69, 9.17) is 28.3 Å². The number of allylic oxidation sites excluding steroid dienone is 4. The summed E-state index contributed by atoms with van der Waals surface area (Å²) in [6, 6.07) is 9.17. The maximum atomic E-state index is 14.4. The Labute approximate surface area is 216 Å². The third kappa shape index (κ3) is 6.23. The largest absolute Gasteiger partial charge is 0.478 e. The van der Waals surface area contributed by atoms with E-state index in [1.54, 1.807) is 29.1 Å². The fourth-order valence-electron chi connectivity index (χ4n) is 3.32. The molecule has 0 fully saturated rings. The molecule has 0 aliphatic carbocycles. The van der Waals surface area contributed by atoms with Crippen molar-refractivity contribution < 1.29 is 18.7 Å². The van der Waals surface area contributed by atoms with Crippen LogP contribution < -0.4 is 0 Å². The number of carbonyl (C=O) groups is 1. The Balaban J connectivity index is 2.00. The molecule has 35 heavy (non-hydrogen) atoms. The average molecular weight is 535 g/mol. The smallest absolute Gasteiger partial charge is 0.335 e. The van der Waals surface area contributed by atoms with Crippen LogP contribution in [0.3, 0.4) is 0 Å². The first-order valence-electron chi connectivity index (χ1n) is 10.4. The maximum Gasteiger partial charge on any atom is 0.335 e. The number of aromatic nitrogens is 2. The molecule has 1 heterocycles. The summed E-state index contributed by atoms with van der Waals surface area (Å²) in [6.07, 6.45) is 7.25. The quantitative estimate of drug-likeness (QED) is 0.222. The van der Waals surface area contributed by atoms with Gasteiger partial charge in [0.15, 0.2) is 5.16 Å². The predicted octanol–water partition coefficient (Wildman–Crippen LogP) is 8.16. The topological polar surface area (TPSA) is 55.1 Å². The molecule has 1 N–H and O–H groups in total. The number of halogens is 4. The Hall–Kier alpha value is -2.87. The molecule has 0 saturated carbocycles. The van der Waals surface area contributed by atoms with Gasteiger partial charge in [0.05, 0.1) is 27.5 Å². The number of aromatic carboxylic acids is 1. The molecule has 182 valence electrons. The summed E-state index contributed by atoms with van der Waals surface area (Å²) in [5.74, 6) is -2.10. The van der Waals surface area contributed by atoms with Gasteiger partial charge in [0, 0.05) is 17.4 Å². The fraction of sp³-hybridized carbons (Fsp3) is 0.154. The van der Waals surface area contributed by atoms with E-state index in [-0.39, 0.29) is 11.3 Å². The van der Waals surface area contributed by atoms with Crippen molar-refractivity contribution in [2.75, 3.05) is 0 Å². The van der Waals surface area contributed by atoms with Crippen molar-refractivity contribution in [1.82, 2.24) is 9.55 Å². The Bertz CT molecular complexity index is 1330. The van der Waals surface area contributed by atoms with Gasteiger partial charge in [-0.25, -0.2) is 18.6 Å². The van der Waals surface area contributed by atoms with E-state index in [2.05, 4.69) is 11.6 Å². The van der Waals surface area contributed by atoms with Crippen LogP contribution in [0.4, 0.5) is 8.78 Å². The Morgan fingerprint density at radius 2 is 1.97 bits per heavy atom. The van der Waals surface area contributed by atoms with Crippen molar-refractivity contribution in [3.63, 3.8) is 0 Å². The summed E-state index contributed by atoms with van der Waals surface area (Å²) in [5, 5.41) is 10.4. The molecule has 3 rings (SSSR count). The number of benzene rings is 2. The van der Waals surface area contributed by atoms with Gasteiger partial charge in [-0.15, -0.1) is 0 Å². The summed E-state index contributed by atoms with van der Waals surface area (Å²) in [7, 11) is 0. The van der Waals surface area contributed by atoms with Gasteiger partial charge in [0.2, 0.25) is 0 Å². The number of thioether (sulfide) groups is 1. The second-order valence-electron chi connectivity index (χ2n) is 8.05. The molecule has 3 aromatic rings. The van der Waals surface area contributed by atoms with Crippen molar-refractivity contribution >= 4 is 47.1 Å². The van der Waals surface area contributed by atoms with Crippen LogP contribution in [0.15, 0.2) is 78.4 Å². The molecule has 0 saturated heterocycles. The Kier molecular flexibility index (Phi) is 8.59. The van der Waals surface area contributed by atoms with E-state index in [9.17, 15) is 13.6 Å². The monoisotopic (exact) mass is 534 g/mol. The van der Waals surface area contributed by atoms with Gasteiger partial charge in [-0.3, -0.25) is 4.57 Å². The molecule has 0 aliphatic rings. The van der Waals surface area contributed by atoms with Crippen molar-refractivity contribution in [3.8, 4) is 0 Å². The molecule has 0 bridgehead atoms. The zero-order valence-electron chi connectivity index (χ0n) is 18.9. The third-order valence-electron chi connectivity index (χ3n) is 5.39. The highest BCUT2D eigenvalue weighted by Gasteiger charge is 2.29. The van der Waals surface area contributed by atoms with Crippen LogP contribution in [-0.4, -0.2) is 20.6 Å². The van der Waals surface area contributed by atoms with Crippen LogP contribution in [0.25, 0.3) is 6.20 Å². The van der Waals surface area contributed by atoms with Gasteiger partial charge in [0.25, 0.3) is 0 Å². The van der Waals surface area contributed by atoms with Crippen LogP contribution in [0.5, 0.6) is 0 Å². The summed E-state index contributed by atoms with van der Waals surface area (Å²) in [5.41, 5.74) is 1.31. The minimum atomic E-state index is -1.20. The first-order chi connectivity index (χ1) is 16.5. The highest BCUT2D eigenvalue weighted by atomic mass is 35.5. The lowest BCUT2D eigenvalue weighted by Crippen LogP contribution is -2.22. The fourth-order valence-corrected chi connectivity index (χ4v) is 4.56. The molecule has 4 nitrogen and oxygen atoms in total. The normalized spacial score (nSPS) is 12.3. The van der Waals surface area contributed by atoms with Gasteiger partial charge in [-0.05, 0) is 53.6 Å². The van der Waals surface area contributed by atoms with Crippen molar-refractivity contribution in [3.05, 3.63) is 111 Å². The molecule has 0 spiro atoms. The number of hydrogen-bond donors (Lipinski definition) is 1. The van der Waals surface area contributed by atoms with Gasteiger partial charge < -0.3 is 5.11 Å². The lowest BCUT2D eigenvalue weighted by atomic mass is 9.81. The first-order valence-corrected chi connectivity index (χ1v) is 12.1. The van der Waals surface area contributed by atoms with E-state index in [0.717, 1.165) is 23.4 Å². The minimum absolute atomic E-state index is 0.123. The first kappa shape index (κ1) is 26.7. The number of imidazole rings is 1. The number of carboxylic acids is 1. The van der Waals surface area contributed by atoms with Gasteiger partial charge in [-0.2, -0.15) is 0 Å². The number of nitrogens with zero attached hydrogens (tertiary/aromatic N) is 2. The Morgan fingerprint density at radius 1 is 1.23 bits per heavy atom. The number of carboxylic acid groups (broad SMARTS) is 1. The van der Waals surface area contributed by atoms with Gasteiger partial charge in [-0.1, -0.05) is 67.5 Å². The van der Waals surface area contributed by atoms with Gasteiger partial charge in [0.1, 0.15) is 11.6 Å². The average Bonchev–Trinajstić information content (AvgIpc) is 3.23. The summed E-state index contributed by atoms with van der Waals surface area (Å²) >= 11 is 13.6. The molecule has 0 radical (unpaired) electrons. The number of rotatable bonds is 9. The lowest BCUT2D eigenvalue weighted by Gasteiger charge is -2.26. The van der Waals surface area contributed by atoms with Crippen molar-refractivity contribution in [1.29, 1.82) is 0 Å². The molecule has 0 unspecified atom stereocenters. The summed E-state index contributed by atoms with van der Waals surface area (Å²) in [6.45, 7) is 7.38. The predicted molar refractivity (Wildman–Crippen MR) is 138 cm³/mol. The van der Waals surface area contributed by atoms with Crippen molar-refractivity contribution in [2.45, 2.75) is 30.2 Å². The van der Waals surface area contributed by atoms with E-state index >= 15 is 0 Å². The van der Waals surface area contributed by atoms with E-state index in [1.165, 1.54) is 36.0 Å². The zero-order valence-corrected chi connectivity index (χ0v) is 21.3. The molecule has 0 atom stereocenters. The van der Waals surface area contributed by atoms with E-state index in [1.807, 2.05) is 19.9 Å². The second-order valence-corrected chi connectivity index (χ2v) is 9.80. The lowest BCUT2D eigenvalue weighted by molar-refractivity contribution is 0.0696. The summed E-state index contributed by atoms with van der Waals surface area (Å²) in [4.78, 5) is 15.6. The van der Waals surface area contributed by atoms with E-state index < -0.39 is 23.0 Å². The van der Waals surface area contributed by atoms with E-state index in [0.29, 0.717) is 20.8 Å². The molecule has 9 heteroatoms. The minimum Gasteiger partial charge on any atom is -0.478 e. The van der Waals surface area contributed by atoms with Crippen LogP contribution in [0.2, 0.25) is 10.0 Å². The third-order valence-corrected chi connectivity index (χ3v) is 7.14. The maximum absolute atomic E-state index is 14.4. The highest BCUT2D eigenvalue weighted by molar-refractivity contribution is 7.98. The molecule has 1 aromatic heterocycles. The molecule has 2 aromatic carbocycles. The zero-order chi connectivity index (χ0) is 25.8. The van der Waals surface area contributed by atoms with Gasteiger partial charge >= 0.3 is 5.97 Å². The molecular formula is C26H22Cl2F2N2O2S. The summed E-state index contributed by atoms with van der Waals surface area (Å²) < 4.78 is 29.8. The molecule has 0 amide bonds. The van der Waals surface area contributed by atoms with Crippen LogP contribution >= 0.6 is 35.0 Å².